The number of hydrogen-bond donors (Lipinski definition) is 0. The first-order chi connectivity index (χ1) is 25.2. The van der Waals surface area contributed by atoms with E-state index in [1.807, 2.05) is 24.3 Å². The van der Waals surface area contributed by atoms with Crippen molar-refractivity contribution in [1.29, 1.82) is 5.26 Å². The van der Waals surface area contributed by atoms with Gasteiger partial charge in [0.1, 0.15) is 0 Å². The molecule has 0 aliphatic carbocycles. The Balaban J connectivity index is 1.19. The molecular formula is C49H34N2. The van der Waals surface area contributed by atoms with Crippen molar-refractivity contribution in [2.45, 2.75) is 0 Å². The van der Waals surface area contributed by atoms with E-state index in [1.165, 1.54) is 5.56 Å². The fraction of sp³-hybridized carbons (Fsp3) is 0. The second-order valence-corrected chi connectivity index (χ2v) is 12.5. The number of anilines is 3. The van der Waals surface area contributed by atoms with E-state index in [1.54, 1.807) is 0 Å². The fourth-order valence-corrected chi connectivity index (χ4v) is 6.76. The van der Waals surface area contributed by atoms with Crippen molar-refractivity contribution < 1.29 is 0 Å². The molecule has 0 bridgehead atoms. The molecule has 0 saturated heterocycles. The van der Waals surface area contributed by atoms with Crippen LogP contribution < -0.4 is 4.90 Å². The molecule has 0 spiro atoms. The lowest BCUT2D eigenvalue weighted by molar-refractivity contribution is 1.28. The molecular weight excluding hydrogens is 617 g/mol. The normalized spacial score (nSPS) is 10.7. The van der Waals surface area contributed by atoms with Crippen molar-refractivity contribution in [2.75, 3.05) is 4.90 Å². The number of benzene rings is 8. The third-order valence-corrected chi connectivity index (χ3v) is 9.34. The summed E-state index contributed by atoms with van der Waals surface area (Å²) in [6.07, 6.45) is 0. The molecule has 0 atom stereocenters. The predicted molar refractivity (Wildman–Crippen MR) is 213 cm³/mol. The Hall–Kier alpha value is -6.95. The molecule has 8 rings (SSSR count). The number of rotatable bonds is 8. The maximum atomic E-state index is 9.45. The Morgan fingerprint density at radius 1 is 0.294 bits per heavy atom. The first-order valence-electron chi connectivity index (χ1n) is 17.2. The minimum Gasteiger partial charge on any atom is -0.311 e. The van der Waals surface area contributed by atoms with Gasteiger partial charge in [-0.3, -0.25) is 0 Å². The first-order valence-corrected chi connectivity index (χ1v) is 17.2. The van der Waals surface area contributed by atoms with Gasteiger partial charge in [-0.25, -0.2) is 0 Å². The van der Waals surface area contributed by atoms with Crippen LogP contribution in [-0.4, -0.2) is 0 Å². The molecule has 2 nitrogen and oxygen atoms in total. The van der Waals surface area contributed by atoms with Crippen molar-refractivity contribution in [3.8, 4) is 61.7 Å². The summed E-state index contributed by atoms with van der Waals surface area (Å²) >= 11 is 0. The Morgan fingerprint density at radius 3 is 0.980 bits per heavy atom. The largest absolute Gasteiger partial charge is 0.311 e. The zero-order valence-corrected chi connectivity index (χ0v) is 28.0. The van der Waals surface area contributed by atoms with Gasteiger partial charge in [-0.2, -0.15) is 5.26 Å². The van der Waals surface area contributed by atoms with Crippen LogP contribution in [0.3, 0.4) is 0 Å². The summed E-state index contributed by atoms with van der Waals surface area (Å²) in [6, 6.07) is 74.6. The molecule has 2 heteroatoms. The molecule has 8 aromatic carbocycles. The SMILES string of the molecule is N#Cc1ccc(-c2cc(-c3ccccc3)c(-c3ccc(-c4ccc(N(c5ccccc5)c5ccccc5)cc4)cc3)cc2-c2ccccc2)cc1. The van der Waals surface area contributed by atoms with Crippen LogP contribution in [0.25, 0.3) is 55.6 Å². The highest BCUT2D eigenvalue weighted by molar-refractivity contribution is 5.95. The van der Waals surface area contributed by atoms with Crippen molar-refractivity contribution in [2.24, 2.45) is 0 Å². The van der Waals surface area contributed by atoms with Crippen LogP contribution in [-0.2, 0) is 0 Å². The summed E-state index contributed by atoms with van der Waals surface area (Å²) in [5.41, 5.74) is 15.5. The molecule has 0 heterocycles. The zero-order chi connectivity index (χ0) is 34.4. The Labute approximate surface area is 299 Å². The van der Waals surface area contributed by atoms with Gasteiger partial charge >= 0.3 is 0 Å². The average Bonchev–Trinajstić information content (AvgIpc) is 3.22. The summed E-state index contributed by atoms with van der Waals surface area (Å²) in [7, 11) is 0. The lowest BCUT2D eigenvalue weighted by Gasteiger charge is -2.25. The van der Waals surface area contributed by atoms with Crippen molar-refractivity contribution >= 4 is 17.1 Å². The predicted octanol–water partition coefficient (Wildman–Crippen LogP) is 13.4. The van der Waals surface area contributed by atoms with E-state index in [2.05, 4.69) is 193 Å². The third-order valence-electron chi connectivity index (χ3n) is 9.34. The molecule has 51 heavy (non-hydrogen) atoms. The zero-order valence-electron chi connectivity index (χ0n) is 28.0. The van der Waals surface area contributed by atoms with Crippen LogP contribution in [0.5, 0.6) is 0 Å². The fourth-order valence-electron chi connectivity index (χ4n) is 6.76. The molecule has 0 fully saturated rings. The number of nitriles is 1. The average molecular weight is 651 g/mol. The van der Waals surface area contributed by atoms with E-state index < -0.39 is 0 Å². The van der Waals surface area contributed by atoms with Crippen LogP contribution in [0.1, 0.15) is 5.56 Å². The van der Waals surface area contributed by atoms with Gasteiger partial charge in [0.25, 0.3) is 0 Å². The molecule has 0 unspecified atom stereocenters. The van der Waals surface area contributed by atoms with E-state index in [-0.39, 0.29) is 0 Å². The molecule has 0 aliphatic rings. The topological polar surface area (TPSA) is 27.0 Å². The van der Waals surface area contributed by atoms with E-state index in [9.17, 15) is 5.26 Å². The summed E-state index contributed by atoms with van der Waals surface area (Å²) in [4.78, 5) is 2.28. The molecule has 0 aromatic heterocycles. The van der Waals surface area contributed by atoms with Gasteiger partial charge in [0.05, 0.1) is 11.6 Å². The number of hydrogen-bond acceptors (Lipinski definition) is 2. The van der Waals surface area contributed by atoms with E-state index in [0.717, 1.165) is 67.1 Å². The molecule has 240 valence electrons. The summed E-state index contributed by atoms with van der Waals surface area (Å²) in [6.45, 7) is 0. The summed E-state index contributed by atoms with van der Waals surface area (Å²) < 4.78 is 0. The summed E-state index contributed by atoms with van der Waals surface area (Å²) in [5.74, 6) is 0. The summed E-state index contributed by atoms with van der Waals surface area (Å²) in [5, 5.41) is 9.45. The second-order valence-electron chi connectivity index (χ2n) is 12.5. The Kier molecular flexibility index (Phi) is 8.76. The first kappa shape index (κ1) is 31.3. The van der Waals surface area contributed by atoms with Crippen molar-refractivity contribution in [3.05, 3.63) is 212 Å². The third kappa shape index (κ3) is 6.57. The van der Waals surface area contributed by atoms with Gasteiger partial charge in [0, 0.05) is 17.1 Å². The van der Waals surface area contributed by atoms with Crippen LogP contribution in [0.15, 0.2) is 206 Å². The van der Waals surface area contributed by atoms with E-state index >= 15 is 0 Å². The van der Waals surface area contributed by atoms with E-state index in [0.29, 0.717) is 5.56 Å². The monoisotopic (exact) mass is 650 g/mol. The lowest BCUT2D eigenvalue weighted by atomic mass is 9.85. The van der Waals surface area contributed by atoms with Crippen LogP contribution in [0, 0.1) is 11.3 Å². The Morgan fingerprint density at radius 2 is 0.588 bits per heavy atom. The van der Waals surface area contributed by atoms with Gasteiger partial charge < -0.3 is 4.90 Å². The molecule has 0 amide bonds. The molecule has 0 saturated carbocycles. The highest BCUT2D eigenvalue weighted by Crippen LogP contribution is 2.43. The van der Waals surface area contributed by atoms with Crippen LogP contribution >= 0.6 is 0 Å². The minimum absolute atomic E-state index is 0.652. The van der Waals surface area contributed by atoms with Crippen LogP contribution in [0.2, 0.25) is 0 Å². The Bertz CT molecular complexity index is 2370. The molecule has 0 aliphatic heterocycles. The maximum Gasteiger partial charge on any atom is 0.0991 e. The lowest BCUT2D eigenvalue weighted by Crippen LogP contribution is -2.09. The van der Waals surface area contributed by atoms with Gasteiger partial charge in [-0.05, 0) is 116 Å². The second kappa shape index (κ2) is 14.3. The number of nitrogens with zero attached hydrogens (tertiary/aromatic N) is 2. The van der Waals surface area contributed by atoms with Gasteiger partial charge in [0.15, 0.2) is 0 Å². The standard InChI is InChI=1S/C49H34N2/c50-35-36-21-23-41(24-22-36)48-33-47(40-15-7-2-8-16-40)49(34-46(48)39-13-5-1-6-14-39)42-27-25-37(26-28-42)38-29-31-45(32-30-38)51(43-17-9-3-10-18-43)44-19-11-4-12-20-44/h1-34H. The van der Waals surface area contributed by atoms with Gasteiger partial charge in [-0.1, -0.05) is 146 Å². The maximum absolute atomic E-state index is 9.45. The van der Waals surface area contributed by atoms with Gasteiger partial charge in [-0.15, -0.1) is 0 Å². The molecule has 0 radical (unpaired) electrons. The molecule has 8 aromatic rings. The highest BCUT2D eigenvalue weighted by Gasteiger charge is 2.17. The number of para-hydroxylation sites is 2. The minimum atomic E-state index is 0.652. The van der Waals surface area contributed by atoms with Crippen LogP contribution in [0.4, 0.5) is 17.1 Å². The van der Waals surface area contributed by atoms with Crippen molar-refractivity contribution in [1.82, 2.24) is 0 Å². The molecule has 0 N–H and O–H groups in total. The highest BCUT2D eigenvalue weighted by atomic mass is 15.1. The quantitative estimate of drug-likeness (QED) is 0.164. The van der Waals surface area contributed by atoms with E-state index in [4.69, 9.17) is 0 Å². The smallest absolute Gasteiger partial charge is 0.0991 e. The van der Waals surface area contributed by atoms with Crippen molar-refractivity contribution in [3.63, 3.8) is 0 Å². The van der Waals surface area contributed by atoms with Gasteiger partial charge in [0.2, 0.25) is 0 Å².